The fraction of sp³-hybridized carbons (Fsp3) is 0.200. The third-order valence-electron chi connectivity index (χ3n) is 2.76. The predicted molar refractivity (Wildman–Crippen MR) is 79.1 cm³/mol. The minimum absolute atomic E-state index is 0.0388. The van der Waals surface area contributed by atoms with Crippen molar-refractivity contribution in [2.24, 2.45) is 0 Å². The summed E-state index contributed by atoms with van der Waals surface area (Å²) in [4.78, 5) is 2.08. The van der Waals surface area contributed by atoms with Crippen LogP contribution in [0.3, 0.4) is 0 Å². The van der Waals surface area contributed by atoms with Gasteiger partial charge in [-0.05, 0) is 53.5 Å². The van der Waals surface area contributed by atoms with Gasteiger partial charge in [-0.1, -0.05) is 35.5 Å². The summed E-state index contributed by atoms with van der Waals surface area (Å²) >= 11 is 4.94. The molecular formula is C15H13BrF2S. The number of alkyl halides is 2. The number of hydrogen-bond donors (Lipinski definition) is 0. The highest BCUT2D eigenvalue weighted by Gasteiger charge is 2.11. The zero-order chi connectivity index (χ0) is 14.0. The predicted octanol–water partition coefficient (Wildman–Crippen LogP) is 6.15. The van der Waals surface area contributed by atoms with Crippen LogP contribution in [0.1, 0.15) is 23.1 Å². The molecule has 0 nitrogen and oxygen atoms in total. The molecule has 4 heteroatoms. The van der Waals surface area contributed by atoms with Gasteiger partial charge in [0.15, 0.2) is 0 Å². The average Bonchev–Trinajstić information content (AvgIpc) is 2.34. The first-order chi connectivity index (χ1) is 8.97. The standard InChI is InChI=1S/C15H13BrF2S/c1-9-3-5-13(10(2)7-9)19-14-6-4-11(15(17)18)8-12(14)16/h3-8,15H,1-2H3. The molecule has 0 radical (unpaired) electrons. The molecule has 0 N–H and O–H groups in total. The Morgan fingerprint density at radius 3 is 2.26 bits per heavy atom. The third-order valence-corrected chi connectivity index (χ3v) is 4.93. The van der Waals surface area contributed by atoms with E-state index in [1.54, 1.807) is 17.8 Å². The van der Waals surface area contributed by atoms with E-state index in [4.69, 9.17) is 0 Å². The van der Waals surface area contributed by atoms with Gasteiger partial charge < -0.3 is 0 Å². The van der Waals surface area contributed by atoms with Crippen molar-refractivity contribution in [3.63, 3.8) is 0 Å². The number of aryl methyl sites for hydroxylation is 2. The second-order valence-electron chi connectivity index (χ2n) is 4.36. The van der Waals surface area contributed by atoms with E-state index in [2.05, 4.69) is 48.0 Å². The Morgan fingerprint density at radius 2 is 1.68 bits per heavy atom. The quantitative estimate of drug-likeness (QED) is 0.644. The van der Waals surface area contributed by atoms with E-state index in [0.29, 0.717) is 4.47 Å². The molecule has 2 aromatic rings. The Labute approximate surface area is 124 Å². The number of hydrogen-bond acceptors (Lipinski definition) is 1. The summed E-state index contributed by atoms with van der Waals surface area (Å²) in [6, 6.07) is 10.9. The van der Waals surface area contributed by atoms with Gasteiger partial charge in [0.05, 0.1) is 0 Å². The van der Waals surface area contributed by atoms with E-state index in [0.717, 1.165) is 9.79 Å². The van der Waals surface area contributed by atoms with Crippen LogP contribution >= 0.6 is 27.7 Å². The molecule has 2 rings (SSSR count). The van der Waals surface area contributed by atoms with Crippen LogP contribution < -0.4 is 0 Å². The molecule has 0 atom stereocenters. The lowest BCUT2D eigenvalue weighted by Crippen LogP contribution is -1.86. The maximum absolute atomic E-state index is 12.6. The summed E-state index contributed by atoms with van der Waals surface area (Å²) in [6.07, 6.45) is -2.43. The summed E-state index contributed by atoms with van der Waals surface area (Å²) in [5.41, 5.74) is 2.45. The van der Waals surface area contributed by atoms with Crippen molar-refractivity contribution in [3.05, 3.63) is 57.6 Å². The first kappa shape index (κ1) is 14.5. The minimum atomic E-state index is -2.43. The van der Waals surface area contributed by atoms with Gasteiger partial charge in [-0.3, -0.25) is 0 Å². The Hall–Kier alpha value is -0.870. The molecule has 0 saturated carbocycles. The molecule has 0 amide bonds. The number of halogens is 3. The van der Waals surface area contributed by atoms with Crippen molar-refractivity contribution >= 4 is 27.7 Å². The van der Waals surface area contributed by atoms with Crippen molar-refractivity contribution in [2.45, 2.75) is 30.1 Å². The van der Waals surface area contributed by atoms with E-state index in [9.17, 15) is 8.78 Å². The molecule has 0 saturated heterocycles. The van der Waals surface area contributed by atoms with Crippen LogP contribution in [0.25, 0.3) is 0 Å². The highest BCUT2D eigenvalue weighted by Crippen LogP contribution is 2.37. The maximum Gasteiger partial charge on any atom is 0.263 e. The van der Waals surface area contributed by atoms with Gasteiger partial charge in [0.25, 0.3) is 6.43 Å². The molecule has 100 valence electrons. The Bertz CT molecular complexity index is 597. The smallest absolute Gasteiger partial charge is 0.205 e. The van der Waals surface area contributed by atoms with Crippen LogP contribution in [-0.4, -0.2) is 0 Å². The van der Waals surface area contributed by atoms with Crippen LogP contribution in [0.15, 0.2) is 50.7 Å². The van der Waals surface area contributed by atoms with Crippen molar-refractivity contribution in [3.8, 4) is 0 Å². The van der Waals surface area contributed by atoms with E-state index in [1.165, 1.54) is 23.3 Å². The van der Waals surface area contributed by atoms with Gasteiger partial charge in [0.1, 0.15) is 0 Å². The molecular weight excluding hydrogens is 330 g/mol. The van der Waals surface area contributed by atoms with E-state index >= 15 is 0 Å². The van der Waals surface area contributed by atoms with Crippen molar-refractivity contribution in [2.75, 3.05) is 0 Å². The normalized spacial score (nSPS) is 11.1. The largest absolute Gasteiger partial charge is 0.263 e. The van der Waals surface area contributed by atoms with Gasteiger partial charge in [0, 0.05) is 19.8 Å². The van der Waals surface area contributed by atoms with E-state index < -0.39 is 6.43 Å². The van der Waals surface area contributed by atoms with Gasteiger partial charge in [-0.15, -0.1) is 0 Å². The zero-order valence-electron chi connectivity index (χ0n) is 10.6. The Kier molecular flexibility index (Phi) is 4.63. The Balaban J connectivity index is 2.28. The minimum Gasteiger partial charge on any atom is -0.205 e. The summed E-state index contributed by atoms with van der Waals surface area (Å²) in [7, 11) is 0. The van der Waals surface area contributed by atoms with E-state index in [1.807, 2.05) is 0 Å². The molecule has 19 heavy (non-hydrogen) atoms. The number of benzene rings is 2. The second-order valence-corrected chi connectivity index (χ2v) is 6.30. The molecule has 0 unspecified atom stereocenters. The highest BCUT2D eigenvalue weighted by molar-refractivity contribution is 9.10. The average molecular weight is 343 g/mol. The molecule has 0 spiro atoms. The molecule has 0 bridgehead atoms. The zero-order valence-corrected chi connectivity index (χ0v) is 13.0. The highest BCUT2D eigenvalue weighted by atomic mass is 79.9. The maximum atomic E-state index is 12.6. The molecule has 2 aromatic carbocycles. The van der Waals surface area contributed by atoms with Gasteiger partial charge in [-0.2, -0.15) is 0 Å². The first-order valence-electron chi connectivity index (χ1n) is 5.80. The number of rotatable bonds is 3. The summed E-state index contributed by atoms with van der Waals surface area (Å²) in [5.74, 6) is 0. The molecule has 0 aliphatic carbocycles. The summed E-state index contributed by atoms with van der Waals surface area (Å²) in [6.45, 7) is 4.10. The van der Waals surface area contributed by atoms with Crippen LogP contribution in [0.4, 0.5) is 8.78 Å². The lowest BCUT2D eigenvalue weighted by Gasteiger charge is -2.09. The fourth-order valence-electron chi connectivity index (χ4n) is 1.77. The summed E-state index contributed by atoms with van der Waals surface area (Å²) in [5, 5.41) is 0. The lowest BCUT2D eigenvalue weighted by atomic mass is 10.2. The molecule has 0 heterocycles. The van der Waals surface area contributed by atoms with Gasteiger partial charge in [-0.25, -0.2) is 8.78 Å². The monoisotopic (exact) mass is 342 g/mol. The van der Waals surface area contributed by atoms with Gasteiger partial charge >= 0.3 is 0 Å². The van der Waals surface area contributed by atoms with E-state index in [-0.39, 0.29) is 5.56 Å². The molecule has 0 aliphatic heterocycles. The summed E-state index contributed by atoms with van der Waals surface area (Å²) < 4.78 is 25.9. The SMILES string of the molecule is Cc1ccc(Sc2ccc(C(F)F)cc2Br)c(C)c1. The topological polar surface area (TPSA) is 0 Å². The van der Waals surface area contributed by atoms with Gasteiger partial charge in [0.2, 0.25) is 0 Å². The third kappa shape index (κ3) is 3.57. The van der Waals surface area contributed by atoms with Crippen LogP contribution in [0.5, 0.6) is 0 Å². The van der Waals surface area contributed by atoms with Crippen molar-refractivity contribution in [1.29, 1.82) is 0 Å². The second kappa shape index (κ2) is 6.06. The van der Waals surface area contributed by atoms with Crippen LogP contribution in [0.2, 0.25) is 0 Å². The first-order valence-corrected chi connectivity index (χ1v) is 7.41. The molecule has 0 fully saturated rings. The van der Waals surface area contributed by atoms with Crippen LogP contribution in [0, 0.1) is 13.8 Å². The molecule has 0 aromatic heterocycles. The molecule has 0 aliphatic rings. The van der Waals surface area contributed by atoms with Crippen molar-refractivity contribution < 1.29 is 8.78 Å². The fourth-order valence-corrected chi connectivity index (χ4v) is 3.29. The van der Waals surface area contributed by atoms with Crippen LogP contribution in [-0.2, 0) is 0 Å². The lowest BCUT2D eigenvalue weighted by molar-refractivity contribution is 0.151. The Morgan fingerprint density at radius 1 is 1.00 bits per heavy atom. The van der Waals surface area contributed by atoms with Crippen molar-refractivity contribution in [1.82, 2.24) is 0 Å².